The molecule has 0 rings (SSSR count). The first kappa shape index (κ1) is 8.43. The van der Waals surface area contributed by atoms with Crippen LogP contribution in [0.2, 0.25) is 0 Å². The Morgan fingerprint density at radius 3 is 2.89 bits per heavy atom. The molecule has 1 radical (unpaired) electrons. The summed E-state index contributed by atoms with van der Waals surface area (Å²) in [6.07, 6.45) is 1.66. The summed E-state index contributed by atoms with van der Waals surface area (Å²) in [7, 11) is 0. The second-order valence-electron chi connectivity index (χ2n) is 1.48. The van der Waals surface area contributed by atoms with E-state index in [4.69, 9.17) is 5.11 Å². The number of hydrogen-bond donors (Lipinski definition) is 1. The van der Waals surface area contributed by atoms with Crippen molar-refractivity contribution in [3.05, 3.63) is 6.42 Å². The monoisotopic (exact) mass is 131 g/mol. The van der Waals surface area contributed by atoms with Gasteiger partial charge < -0.3 is 9.84 Å². The molecule has 0 heterocycles. The van der Waals surface area contributed by atoms with Crippen LogP contribution < -0.4 is 0 Å². The molecule has 3 heteroatoms. The number of aliphatic hydroxyl groups is 1. The molecule has 0 bridgehead atoms. The zero-order valence-electron chi connectivity index (χ0n) is 5.46. The van der Waals surface area contributed by atoms with Crippen molar-refractivity contribution < 1.29 is 14.6 Å². The van der Waals surface area contributed by atoms with E-state index in [1.54, 1.807) is 6.92 Å². The highest BCUT2D eigenvalue weighted by atomic mass is 16.5. The van der Waals surface area contributed by atoms with Crippen molar-refractivity contribution in [1.82, 2.24) is 0 Å². The van der Waals surface area contributed by atoms with Crippen LogP contribution >= 0.6 is 0 Å². The van der Waals surface area contributed by atoms with Crippen molar-refractivity contribution in [1.29, 1.82) is 0 Å². The summed E-state index contributed by atoms with van der Waals surface area (Å²) in [5.41, 5.74) is 0. The molecule has 0 aromatic carbocycles. The molecule has 0 saturated heterocycles. The summed E-state index contributed by atoms with van der Waals surface area (Å²) in [6, 6.07) is 0. The van der Waals surface area contributed by atoms with Crippen LogP contribution in [0, 0.1) is 6.42 Å². The van der Waals surface area contributed by atoms with Gasteiger partial charge in [0.05, 0.1) is 13.0 Å². The Balaban J connectivity index is 3.06. The predicted octanol–water partition coefficient (Wildman–Crippen LogP) is 0.136. The molecule has 0 spiro atoms. The van der Waals surface area contributed by atoms with Crippen molar-refractivity contribution in [2.45, 2.75) is 13.3 Å². The van der Waals surface area contributed by atoms with Gasteiger partial charge in [0.25, 0.3) is 0 Å². The van der Waals surface area contributed by atoms with Crippen LogP contribution in [0.25, 0.3) is 0 Å². The SMILES string of the molecule is CCOC(=O)C[CH]CO. The van der Waals surface area contributed by atoms with Crippen LogP contribution in [0.1, 0.15) is 13.3 Å². The van der Waals surface area contributed by atoms with Gasteiger partial charge in [0.1, 0.15) is 0 Å². The summed E-state index contributed by atoms with van der Waals surface area (Å²) in [5, 5.41) is 8.22. The fourth-order valence-electron chi connectivity index (χ4n) is 0.402. The summed E-state index contributed by atoms with van der Waals surface area (Å²) in [4.78, 5) is 10.4. The Morgan fingerprint density at radius 2 is 2.44 bits per heavy atom. The van der Waals surface area contributed by atoms with Gasteiger partial charge in [-0.2, -0.15) is 0 Å². The number of carbonyl (C=O) groups excluding carboxylic acids is 1. The Morgan fingerprint density at radius 1 is 1.78 bits per heavy atom. The molecule has 9 heavy (non-hydrogen) atoms. The van der Waals surface area contributed by atoms with E-state index < -0.39 is 0 Å². The molecule has 0 fully saturated rings. The molecule has 3 nitrogen and oxygen atoms in total. The van der Waals surface area contributed by atoms with Gasteiger partial charge in [-0.05, 0) is 13.3 Å². The quantitative estimate of drug-likeness (QED) is 0.552. The van der Waals surface area contributed by atoms with Crippen molar-refractivity contribution in [2.75, 3.05) is 13.2 Å². The molecule has 0 aliphatic carbocycles. The Bertz CT molecular complexity index is 80.4. The average Bonchev–Trinajstić information content (AvgIpc) is 1.85. The van der Waals surface area contributed by atoms with Gasteiger partial charge in [-0.15, -0.1) is 0 Å². The highest BCUT2D eigenvalue weighted by Gasteiger charge is 1.98. The molecule has 0 atom stereocenters. The van der Waals surface area contributed by atoms with Crippen molar-refractivity contribution in [2.24, 2.45) is 0 Å². The summed E-state index contributed by atoms with van der Waals surface area (Å²) in [6.45, 7) is 2.08. The smallest absolute Gasteiger partial charge is 0.306 e. The van der Waals surface area contributed by atoms with E-state index in [2.05, 4.69) is 4.74 Å². The van der Waals surface area contributed by atoms with Crippen molar-refractivity contribution in [3.8, 4) is 0 Å². The first-order chi connectivity index (χ1) is 4.31. The number of rotatable bonds is 4. The van der Waals surface area contributed by atoms with Crippen LogP contribution in [0.4, 0.5) is 0 Å². The van der Waals surface area contributed by atoms with Crippen molar-refractivity contribution in [3.63, 3.8) is 0 Å². The lowest BCUT2D eigenvalue weighted by Crippen LogP contribution is -2.04. The molecule has 1 N–H and O–H groups in total. The Kier molecular flexibility index (Phi) is 5.21. The van der Waals surface area contributed by atoms with Crippen LogP contribution in [-0.2, 0) is 9.53 Å². The highest BCUT2D eigenvalue weighted by Crippen LogP contribution is 1.88. The number of carbonyl (C=O) groups is 1. The minimum atomic E-state index is -0.286. The van der Waals surface area contributed by atoms with E-state index in [1.165, 1.54) is 6.42 Å². The van der Waals surface area contributed by atoms with Crippen LogP contribution in [-0.4, -0.2) is 24.3 Å². The second kappa shape index (κ2) is 5.56. The molecule has 0 aliphatic heterocycles. The lowest BCUT2D eigenvalue weighted by atomic mass is 10.3. The molecule has 0 unspecified atom stereocenters. The minimum absolute atomic E-state index is 0.0706. The molecule has 0 aliphatic rings. The Hall–Kier alpha value is -0.570. The number of hydrogen-bond acceptors (Lipinski definition) is 3. The number of aliphatic hydroxyl groups excluding tert-OH is 1. The van der Waals surface area contributed by atoms with E-state index in [0.717, 1.165) is 0 Å². The predicted molar refractivity (Wildman–Crippen MR) is 32.6 cm³/mol. The fourth-order valence-corrected chi connectivity index (χ4v) is 0.402. The minimum Gasteiger partial charge on any atom is -0.466 e. The maximum Gasteiger partial charge on any atom is 0.306 e. The van der Waals surface area contributed by atoms with Crippen LogP contribution in [0.15, 0.2) is 0 Å². The standard InChI is InChI=1S/C6H11O3/c1-2-9-6(8)4-3-5-7/h3,7H,2,4-5H2,1H3. The topological polar surface area (TPSA) is 46.5 Å². The van der Waals surface area contributed by atoms with E-state index in [0.29, 0.717) is 6.61 Å². The molecular formula is C6H11O3. The average molecular weight is 131 g/mol. The lowest BCUT2D eigenvalue weighted by Gasteiger charge is -1.97. The molecular weight excluding hydrogens is 120 g/mol. The largest absolute Gasteiger partial charge is 0.466 e. The first-order valence-corrected chi connectivity index (χ1v) is 2.89. The first-order valence-electron chi connectivity index (χ1n) is 2.89. The highest BCUT2D eigenvalue weighted by molar-refractivity contribution is 5.70. The van der Waals surface area contributed by atoms with Gasteiger partial charge in [-0.3, -0.25) is 4.79 Å². The van der Waals surface area contributed by atoms with E-state index in [9.17, 15) is 4.79 Å². The fraction of sp³-hybridized carbons (Fsp3) is 0.667. The van der Waals surface area contributed by atoms with Crippen LogP contribution in [0.3, 0.4) is 0 Å². The molecule has 0 saturated carbocycles. The van der Waals surface area contributed by atoms with Gasteiger partial charge in [-0.25, -0.2) is 0 Å². The van der Waals surface area contributed by atoms with E-state index in [1.807, 2.05) is 0 Å². The maximum absolute atomic E-state index is 10.4. The summed E-state index contributed by atoms with van der Waals surface area (Å²) in [5.74, 6) is -0.286. The normalized spacial score (nSPS) is 9.11. The van der Waals surface area contributed by atoms with Gasteiger partial charge in [0.15, 0.2) is 0 Å². The lowest BCUT2D eigenvalue weighted by molar-refractivity contribution is -0.142. The van der Waals surface area contributed by atoms with Gasteiger partial charge in [-0.1, -0.05) is 0 Å². The number of ether oxygens (including phenoxy) is 1. The van der Waals surface area contributed by atoms with E-state index >= 15 is 0 Å². The zero-order valence-corrected chi connectivity index (χ0v) is 5.46. The molecule has 0 amide bonds. The summed E-state index contributed by atoms with van der Waals surface area (Å²) >= 11 is 0. The third-order valence-corrected chi connectivity index (χ3v) is 0.745. The van der Waals surface area contributed by atoms with Gasteiger partial charge in [0, 0.05) is 6.61 Å². The van der Waals surface area contributed by atoms with Crippen molar-refractivity contribution >= 4 is 5.97 Å². The van der Waals surface area contributed by atoms with Gasteiger partial charge in [0.2, 0.25) is 0 Å². The van der Waals surface area contributed by atoms with E-state index in [-0.39, 0.29) is 19.0 Å². The molecule has 53 valence electrons. The zero-order chi connectivity index (χ0) is 7.11. The third kappa shape index (κ3) is 5.30. The van der Waals surface area contributed by atoms with Crippen LogP contribution in [0.5, 0.6) is 0 Å². The third-order valence-electron chi connectivity index (χ3n) is 0.745. The molecule has 0 aromatic heterocycles. The number of esters is 1. The second-order valence-corrected chi connectivity index (χ2v) is 1.48. The summed E-state index contributed by atoms with van der Waals surface area (Å²) < 4.78 is 4.56. The Labute approximate surface area is 54.6 Å². The van der Waals surface area contributed by atoms with Gasteiger partial charge >= 0.3 is 5.97 Å². The maximum atomic E-state index is 10.4. The molecule has 0 aromatic rings.